The van der Waals surface area contributed by atoms with Crippen LogP contribution < -0.4 is 0 Å². The van der Waals surface area contributed by atoms with E-state index >= 15 is 0 Å². The van der Waals surface area contributed by atoms with Gasteiger partial charge >= 0.3 is 0 Å². The standard InChI is InChI=1S/C12H18N2O4/c1-4-14(18-5-2)10(15)6-7-13-11(16)8-9(3)12(13)17/h8H,4-7H2,1-3H3. The SMILES string of the molecule is CCON(CC)C(=O)CCN1C(=O)C=C(C)C1=O. The molecule has 0 aromatic heterocycles. The lowest BCUT2D eigenvalue weighted by Crippen LogP contribution is -2.37. The first-order chi connectivity index (χ1) is 8.51. The largest absolute Gasteiger partial charge is 0.275 e. The van der Waals surface area contributed by atoms with Gasteiger partial charge in [0, 0.05) is 31.2 Å². The zero-order valence-electron chi connectivity index (χ0n) is 10.9. The molecule has 0 aliphatic carbocycles. The maximum atomic E-state index is 11.8. The molecule has 0 atom stereocenters. The van der Waals surface area contributed by atoms with E-state index in [9.17, 15) is 14.4 Å². The summed E-state index contributed by atoms with van der Waals surface area (Å²) in [5.41, 5.74) is 0.407. The van der Waals surface area contributed by atoms with E-state index in [0.29, 0.717) is 18.7 Å². The predicted molar refractivity (Wildman–Crippen MR) is 64.1 cm³/mol. The van der Waals surface area contributed by atoms with Crippen molar-refractivity contribution in [2.75, 3.05) is 19.7 Å². The number of nitrogens with zero attached hydrogens (tertiary/aromatic N) is 2. The normalized spacial score (nSPS) is 15.1. The molecule has 100 valence electrons. The first-order valence-corrected chi connectivity index (χ1v) is 5.98. The second-order valence-electron chi connectivity index (χ2n) is 3.88. The minimum Gasteiger partial charge on any atom is -0.275 e. The van der Waals surface area contributed by atoms with Crippen molar-refractivity contribution >= 4 is 17.7 Å². The molecule has 0 saturated carbocycles. The van der Waals surface area contributed by atoms with Crippen LogP contribution in [0.1, 0.15) is 27.2 Å². The van der Waals surface area contributed by atoms with Crippen LogP contribution in [0.15, 0.2) is 11.6 Å². The molecule has 6 heteroatoms. The molecule has 0 N–H and O–H groups in total. The van der Waals surface area contributed by atoms with Crippen molar-refractivity contribution in [2.45, 2.75) is 27.2 Å². The number of hydrogen-bond donors (Lipinski definition) is 0. The molecule has 1 aliphatic heterocycles. The van der Waals surface area contributed by atoms with Gasteiger partial charge in [0.05, 0.1) is 6.61 Å². The van der Waals surface area contributed by atoms with Gasteiger partial charge in [0.15, 0.2) is 0 Å². The molecular formula is C12H18N2O4. The monoisotopic (exact) mass is 254 g/mol. The number of hydroxylamine groups is 2. The smallest absolute Gasteiger partial charge is 0.256 e. The Morgan fingerprint density at radius 3 is 2.50 bits per heavy atom. The fourth-order valence-corrected chi connectivity index (χ4v) is 1.68. The van der Waals surface area contributed by atoms with Gasteiger partial charge in [0.1, 0.15) is 0 Å². The summed E-state index contributed by atoms with van der Waals surface area (Å²) in [7, 11) is 0. The third-order valence-electron chi connectivity index (χ3n) is 2.59. The highest BCUT2D eigenvalue weighted by Gasteiger charge is 2.28. The Morgan fingerprint density at radius 2 is 2.06 bits per heavy atom. The molecule has 18 heavy (non-hydrogen) atoms. The second kappa shape index (κ2) is 6.30. The number of amides is 3. The summed E-state index contributed by atoms with van der Waals surface area (Å²) in [6, 6.07) is 0. The molecule has 1 rings (SSSR count). The minimum absolute atomic E-state index is 0.0758. The lowest BCUT2D eigenvalue weighted by Gasteiger charge is -2.20. The third-order valence-corrected chi connectivity index (χ3v) is 2.59. The van der Waals surface area contributed by atoms with Gasteiger partial charge in [-0.2, -0.15) is 0 Å². The molecule has 3 amide bonds. The summed E-state index contributed by atoms with van der Waals surface area (Å²) >= 11 is 0. The van der Waals surface area contributed by atoms with Gasteiger partial charge in [-0.1, -0.05) is 0 Å². The molecule has 1 aliphatic rings. The Labute approximate surface area is 106 Å². The molecule has 0 bridgehead atoms. The summed E-state index contributed by atoms with van der Waals surface area (Å²) in [5, 5.41) is 1.24. The quantitative estimate of drug-likeness (QED) is 0.511. The van der Waals surface area contributed by atoms with Crippen LogP contribution in [0.3, 0.4) is 0 Å². The number of hydrogen-bond acceptors (Lipinski definition) is 4. The topological polar surface area (TPSA) is 66.9 Å². The van der Waals surface area contributed by atoms with Gasteiger partial charge in [-0.25, -0.2) is 5.06 Å². The first kappa shape index (κ1) is 14.4. The van der Waals surface area contributed by atoms with Crippen molar-refractivity contribution < 1.29 is 19.2 Å². The van der Waals surface area contributed by atoms with Gasteiger partial charge in [0.25, 0.3) is 11.8 Å². The van der Waals surface area contributed by atoms with Gasteiger partial charge in [-0.15, -0.1) is 0 Å². The molecule has 0 saturated heterocycles. The van der Waals surface area contributed by atoms with E-state index < -0.39 is 0 Å². The zero-order chi connectivity index (χ0) is 13.7. The van der Waals surface area contributed by atoms with Gasteiger partial charge in [0.2, 0.25) is 5.91 Å². The number of imide groups is 1. The molecule has 0 spiro atoms. The van der Waals surface area contributed by atoms with E-state index in [4.69, 9.17) is 4.84 Å². The summed E-state index contributed by atoms with van der Waals surface area (Å²) in [5.74, 6) is -0.915. The van der Waals surface area contributed by atoms with E-state index in [0.717, 1.165) is 4.90 Å². The van der Waals surface area contributed by atoms with E-state index in [-0.39, 0.29) is 30.7 Å². The van der Waals surface area contributed by atoms with Crippen LogP contribution in [0.25, 0.3) is 0 Å². The highest BCUT2D eigenvalue weighted by molar-refractivity contribution is 6.15. The predicted octanol–water partition coefficient (Wildman–Crippen LogP) is 0.492. The molecule has 0 aromatic carbocycles. The van der Waals surface area contributed by atoms with Crippen molar-refractivity contribution in [3.63, 3.8) is 0 Å². The van der Waals surface area contributed by atoms with Crippen molar-refractivity contribution in [3.8, 4) is 0 Å². The van der Waals surface area contributed by atoms with Crippen LogP contribution in [0.2, 0.25) is 0 Å². The molecule has 0 fully saturated rings. The number of carbonyl (C=O) groups is 3. The van der Waals surface area contributed by atoms with Crippen LogP contribution in [0, 0.1) is 0 Å². The van der Waals surface area contributed by atoms with Crippen LogP contribution in [0.5, 0.6) is 0 Å². The molecule has 0 radical (unpaired) electrons. The summed E-state index contributed by atoms with van der Waals surface area (Å²) in [6.07, 6.45) is 1.36. The van der Waals surface area contributed by atoms with Crippen molar-refractivity contribution in [1.29, 1.82) is 0 Å². The van der Waals surface area contributed by atoms with E-state index in [2.05, 4.69) is 0 Å². The Balaban J connectivity index is 2.49. The third kappa shape index (κ3) is 3.16. The maximum Gasteiger partial charge on any atom is 0.256 e. The van der Waals surface area contributed by atoms with Crippen LogP contribution >= 0.6 is 0 Å². The van der Waals surface area contributed by atoms with Crippen molar-refractivity contribution in [1.82, 2.24) is 9.96 Å². The second-order valence-corrected chi connectivity index (χ2v) is 3.88. The Hall–Kier alpha value is -1.69. The summed E-state index contributed by atoms with van der Waals surface area (Å²) in [4.78, 5) is 41.0. The fourth-order valence-electron chi connectivity index (χ4n) is 1.68. The van der Waals surface area contributed by atoms with Crippen LogP contribution in [-0.2, 0) is 19.2 Å². The minimum atomic E-state index is -0.357. The van der Waals surface area contributed by atoms with E-state index in [1.807, 2.05) is 0 Å². The zero-order valence-corrected chi connectivity index (χ0v) is 10.9. The molecule has 0 aromatic rings. The molecule has 1 heterocycles. The molecule has 6 nitrogen and oxygen atoms in total. The fraction of sp³-hybridized carbons (Fsp3) is 0.583. The van der Waals surface area contributed by atoms with E-state index in [1.54, 1.807) is 20.8 Å². The van der Waals surface area contributed by atoms with Gasteiger partial charge < -0.3 is 0 Å². The average Bonchev–Trinajstić information content (AvgIpc) is 2.58. The van der Waals surface area contributed by atoms with Crippen LogP contribution in [0.4, 0.5) is 0 Å². The van der Waals surface area contributed by atoms with Crippen molar-refractivity contribution in [3.05, 3.63) is 11.6 Å². The lowest BCUT2D eigenvalue weighted by atomic mass is 10.3. The van der Waals surface area contributed by atoms with Crippen molar-refractivity contribution in [2.24, 2.45) is 0 Å². The maximum absolute atomic E-state index is 11.8. The number of rotatable bonds is 6. The van der Waals surface area contributed by atoms with Gasteiger partial charge in [-0.3, -0.25) is 24.1 Å². The lowest BCUT2D eigenvalue weighted by molar-refractivity contribution is -0.183. The number of carbonyl (C=O) groups excluding carboxylic acids is 3. The summed E-state index contributed by atoms with van der Waals surface area (Å²) < 4.78 is 0. The highest BCUT2D eigenvalue weighted by atomic mass is 16.7. The molecule has 0 unspecified atom stereocenters. The highest BCUT2D eigenvalue weighted by Crippen LogP contribution is 2.12. The molecular weight excluding hydrogens is 236 g/mol. The van der Waals surface area contributed by atoms with Crippen LogP contribution in [-0.4, -0.2) is 47.4 Å². The summed E-state index contributed by atoms with van der Waals surface area (Å²) in [6.45, 7) is 6.10. The average molecular weight is 254 g/mol. The Bertz CT molecular complexity index is 390. The Morgan fingerprint density at radius 1 is 1.39 bits per heavy atom. The van der Waals surface area contributed by atoms with E-state index in [1.165, 1.54) is 11.1 Å². The van der Waals surface area contributed by atoms with Gasteiger partial charge in [-0.05, 0) is 20.8 Å². The Kier molecular flexibility index (Phi) is 5.03. The first-order valence-electron chi connectivity index (χ1n) is 5.98.